The summed E-state index contributed by atoms with van der Waals surface area (Å²) in [5.41, 5.74) is 3.39. The minimum absolute atomic E-state index is 0.230. The molecule has 0 aromatic carbocycles. The molecule has 1 amide bonds. The summed E-state index contributed by atoms with van der Waals surface area (Å²) in [6, 6.07) is 1.89. The van der Waals surface area contributed by atoms with E-state index in [9.17, 15) is 4.79 Å². The molecular formula is C15H18N6O2. The number of rotatable bonds is 3. The molecule has 0 spiro atoms. The summed E-state index contributed by atoms with van der Waals surface area (Å²) in [4.78, 5) is 18.6. The van der Waals surface area contributed by atoms with E-state index in [0.29, 0.717) is 18.1 Å². The number of nitrogens with zero attached hydrogens (tertiary/aromatic N) is 6. The molecule has 23 heavy (non-hydrogen) atoms. The SMILES string of the molecule is Cc1cc(C)n2c(C(=O)N(C)Cc3c(C)noc3C)nnc2n1. The molecule has 0 radical (unpaired) electrons. The second-order valence-corrected chi connectivity index (χ2v) is 5.66. The highest BCUT2D eigenvalue weighted by molar-refractivity contribution is 5.91. The number of hydrogen-bond donors (Lipinski definition) is 0. The van der Waals surface area contributed by atoms with Crippen molar-refractivity contribution in [1.29, 1.82) is 0 Å². The lowest BCUT2D eigenvalue weighted by atomic mass is 10.2. The van der Waals surface area contributed by atoms with Gasteiger partial charge < -0.3 is 9.42 Å². The topological polar surface area (TPSA) is 89.4 Å². The summed E-state index contributed by atoms with van der Waals surface area (Å²) < 4.78 is 6.80. The van der Waals surface area contributed by atoms with Crippen molar-refractivity contribution in [2.45, 2.75) is 34.2 Å². The third kappa shape index (κ3) is 2.56. The Labute approximate surface area is 133 Å². The van der Waals surface area contributed by atoms with Gasteiger partial charge in [0.05, 0.1) is 12.2 Å². The van der Waals surface area contributed by atoms with E-state index in [1.165, 1.54) is 0 Å². The first kappa shape index (κ1) is 15.1. The molecule has 8 heteroatoms. The summed E-state index contributed by atoms with van der Waals surface area (Å²) in [5.74, 6) is 1.16. The van der Waals surface area contributed by atoms with Crippen LogP contribution in [0.2, 0.25) is 0 Å². The van der Waals surface area contributed by atoms with Gasteiger partial charge in [0.1, 0.15) is 5.76 Å². The zero-order chi connectivity index (χ0) is 16.7. The molecular weight excluding hydrogens is 296 g/mol. The molecule has 3 aromatic heterocycles. The van der Waals surface area contributed by atoms with Crippen molar-refractivity contribution >= 4 is 11.7 Å². The molecule has 3 heterocycles. The Bertz CT molecular complexity index is 875. The first-order valence-electron chi connectivity index (χ1n) is 7.25. The Balaban J connectivity index is 1.94. The van der Waals surface area contributed by atoms with E-state index < -0.39 is 0 Å². The lowest BCUT2D eigenvalue weighted by Crippen LogP contribution is -2.28. The Morgan fingerprint density at radius 1 is 1.26 bits per heavy atom. The van der Waals surface area contributed by atoms with Crippen LogP contribution in [0.3, 0.4) is 0 Å². The molecule has 0 N–H and O–H groups in total. The minimum Gasteiger partial charge on any atom is -0.361 e. The molecule has 120 valence electrons. The molecule has 3 rings (SSSR count). The maximum absolute atomic E-state index is 12.7. The van der Waals surface area contributed by atoms with Crippen LogP contribution in [0, 0.1) is 27.7 Å². The third-order valence-corrected chi connectivity index (χ3v) is 3.81. The van der Waals surface area contributed by atoms with Crippen LogP contribution in [0.25, 0.3) is 5.78 Å². The zero-order valence-electron chi connectivity index (χ0n) is 13.8. The van der Waals surface area contributed by atoms with Crippen molar-refractivity contribution in [3.63, 3.8) is 0 Å². The van der Waals surface area contributed by atoms with Gasteiger partial charge in [-0.3, -0.25) is 9.20 Å². The number of amides is 1. The Kier molecular flexibility index (Phi) is 3.59. The largest absolute Gasteiger partial charge is 0.361 e. The van der Waals surface area contributed by atoms with Gasteiger partial charge in [0, 0.05) is 24.0 Å². The van der Waals surface area contributed by atoms with E-state index in [1.54, 1.807) is 16.3 Å². The summed E-state index contributed by atoms with van der Waals surface area (Å²) >= 11 is 0. The third-order valence-electron chi connectivity index (χ3n) is 3.81. The maximum atomic E-state index is 12.7. The highest BCUT2D eigenvalue weighted by Gasteiger charge is 2.22. The van der Waals surface area contributed by atoms with Crippen LogP contribution in [0.15, 0.2) is 10.6 Å². The van der Waals surface area contributed by atoms with E-state index >= 15 is 0 Å². The molecule has 0 unspecified atom stereocenters. The highest BCUT2D eigenvalue weighted by atomic mass is 16.5. The Morgan fingerprint density at radius 3 is 2.65 bits per heavy atom. The van der Waals surface area contributed by atoms with Crippen molar-refractivity contribution in [3.05, 3.63) is 40.3 Å². The molecule has 0 saturated carbocycles. The maximum Gasteiger partial charge on any atom is 0.292 e. The summed E-state index contributed by atoms with van der Waals surface area (Å²) in [5, 5.41) is 11.9. The van der Waals surface area contributed by atoms with Crippen LogP contribution in [0.1, 0.15) is 39.0 Å². The predicted octanol–water partition coefficient (Wildman–Crippen LogP) is 1.62. The van der Waals surface area contributed by atoms with Crippen LogP contribution in [0.5, 0.6) is 0 Å². The number of carbonyl (C=O) groups excluding carboxylic acids is 1. The van der Waals surface area contributed by atoms with Crippen LogP contribution in [0.4, 0.5) is 0 Å². The first-order chi connectivity index (χ1) is 10.9. The molecule has 0 aliphatic heterocycles. The van der Waals surface area contributed by atoms with Gasteiger partial charge in [0.2, 0.25) is 5.82 Å². The molecule has 0 aliphatic rings. The standard InChI is InChI=1S/C15H18N6O2/c1-8-6-9(2)21-13(17-18-15(21)16-8)14(22)20(5)7-12-10(3)19-23-11(12)4/h6H,7H2,1-5H3. The van der Waals surface area contributed by atoms with E-state index in [1.807, 2.05) is 33.8 Å². The lowest BCUT2D eigenvalue weighted by molar-refractivity contribution is 0.0770. The van der Waals surface area contributed by atoms with Crippen LogP contribution in [-0.4, -0.2) is 42.6 Å². The van der Waals surface area contributed by atoms with Crippen LogP contribution >= 0.6 is 0 Å². The van der Waals surface area contributed by atoms with E-state index in [-0.39, 0.29) is 11.7 Å². The fourth-order valence-electron chi connectivity index (χ4n) is 2.58. The first-order valence-corrected chi connectivity index (χ1v) is 7.25. The smallest absolute Gasteiger partial charge is 0.292 e. The monoisotopic (exact) mass is 314 g/mol. The second kappa shape index (κ2) is 5.45. The minimum atomic E-state index is -0.230. The number of hydrogen-bond acceptors (Lipinski definition) is 6. The van der Waals surface area contributed by atoms with Gasteiger partial charge in [-0.1, -0.05) is 5.16 Å². The molecule has 0 aliphatic carbocycles. The number of fused-ring (bicyclic) bond motifs is 1. The number of aromatic nitrogens is 5. The van der Waals surface area contributed by atoms with Gasteiger partial charge in [0.15, 0.2) is 0 Å². The molecule has 0 bridgehead atoms. The fraction of sp³-hybridized carbons (Fsp3) is 0.400. The quantitative estimate of drug-likeness (QED) is 0.730. The van der Waals surface area contributed by atoms with Crippen molar-refractivity contribution in [2.24, 2.45) is 0 Å². The molecule has 0 fully saturated rings. The lowest BCUT2D eigenvalue weighted by Gasteiger charge is -2.16. The van der Waals surface area contributed by atoms with Crippen molar-refractivity contribution in [2.75, 3.05) is 7.05 Å². The van der Waals surface area contributed by atoms with Crippen molar-refractivity contribution in [3.8, 4) is 0 Å². The van der Waals surface area contributed by atoms with Gasteiger partial charge in [-0.05, 0) is 33.8 Å². The fourth-order valence-corrected chi connectivity index (χ4v) is 2.58. The number of carbonyl (C=O) groups is 1. The Morgan fingerprint density at radius 2 is 2.00 bits per heavy atom. The van der Waals surface area contributed by atoms with Gasteiger partial charge in [-0.15, -0.1) is 10.2 Å². The average molecular weight is 314 g/mol. The van der Waals surface area contributed by atoms with E-state index in [2.05, 4.69) is 20.3 Å². The van der Waals surface area contributed by atoms with Crippen LogP contribution < -0.4 is 0 Å². The van der Waals surface area contributed by atoms with E-state index in [4.69, 9.17) is 4.52 Å². The molecule has 0 saturated heterocycles. The van der Waals surface area contributed by atoms with Crippen molar-refractivity contribution < 1.29 is 9.32 Å². The van der Waals surface area contributed by atoms with Gasteiger partial charge in [0.25, 0.3) is 11.7 Å². The normalized spacial score (nSPS) is 11.2. The van der Waals surface area contributed by atoms with Gasteiger partial charge in [-0.25, -0.2) is 4.98 Å². The van der Waals surface area contributed by atoms with Crippen molar-refractivity contribution in [1.82, 2.24) is 29.6 Å². The molecule has 8 nitrogen and oxygen atoms in total. The van der Waals surface area contributed by atoms with Gasteiger partial charge >= 0.3 is 0 Å². The van der Waals surface area contributed by atoms with Crippen LogP contribution in [-0.2, 0) is 6.54 Å². The second-order valence-electron chi connectivity index (χ2n) is 5.66. The summed E-state index contributed by atoms with van der Waals surface area (Å²) in [7, 11) is 1.71. The average Bonchev–Trinajstić information content (AvgIpc) is 3.04. The predicted molar refractivity (Wildman–Crippen MR) is 82.0 cm³/mol. The molecule has 3 aromatic rings. The molecule has 0 atom stereocenters. The zero-order valence-corrected chi connectivity index (χ0v) is 13.8. The summed E-state index contributed by atoms with van der Waals surface area (Å²) in [6.45, 7) is 7.86. The van der Waals surface area contributed by atoms with Gasteiger partial charge in [-0.2, -0.15) is 0 Å². The Hall–Kier alpha value is -2.77. The highest BCUT2D eigenvalue weighted by Crippen LogP contribution is 2.16. The summed E-state index contributed by atoms with van der Waals surface area (Å²) in [6.07, 6.45) is 0. The number of aryl methyl sites for hydroxylation is 4. The van der Waals surface area contributed by atoms with E-state index in [0.717, 1.165) is 22.6 Å².